The zero-order chi connectivity index (χ0) is 22.8. The Bertz CT molecular complexity index is 727. The quantitative estimate of drug-likeness (QED) is 0.516. The molecule has 4 aliphatic carbocycles. The van der Waals surface area contributed by atoms with Crippen LogP contribution in [0.1, 0.15) is 71.6 Å². The molecule has 0 radical (unpaired) electrons. The van der Waals surface area contributed by atoms with E-state index in [1.807, 2.05) is 0 Å². The highest BCUT2D eigenvalue weighted by Crippen LogP contribution is 2.66. The number of hydrogen-bond acceptors (Lipinski definition) is 7. The molecule has 0 aromatic heterocycles. The van der Waals surface area contributed by atoms with Gasteiger partial charge in [-0.2, -0.15) is 0 Å². The van der Waals surface area contributed by atoms with E-state index in [9.17, 15) is 25.2 Å². The molecule has 4 saturated carbocycles. The van der Waals surface area contributed by atoms with E-state index in [1.165, 1.54) is 6.42 Å². The molecular formula is C25H40O7. The van der Waals surface area contributed by atoms with Crippen LogP contribution in [0, 0.1) is 34.5 Å². The van der Waals surface area contributed by atoms with Crippen LogP contribution in [0.2, 0.25) is 0 Å². The minimum absolute atomic E-state index is 0.0202. The van der Waals surface area contributed by atoms with Crippen molar-refractivity contribution < 1.29 is 34.7 Å². The second kappa shape index (κ2) is 8.28. The molecule has 182 valence electrons. The first-order valence-corrected chi connectivity index (χ1v) is 12.7. The van der Waals surface area contributed by atoms with Gasteiger partial charge in [-0.15, -0.1) is 0 Å². The van der Waals surface area contributed by atoms with E-state index in [1.54, 1.807) is 0 Å². The Kier molecular flexibility index (Phi) is 6.00. The summed E-state index contributed by atoms with van der Waals surface area (Å²) >= 11 is 0. The van der Waals surface area contributed by atoms with Gasteiger partial charge in [0, 0.05) is 12.8 Å². The number of hydrogen-bond donors (Lipinski definition) is 4. The normalized spacial score (nSPS) is 55.8. The van der Waals surface area contributed by atoms with Crippen molar-refractivity contribution in [2.45, 2.75) is 108 Å². The Balaban J connectivity index is 1.32. The largest absolute Gasteiger partial charge is 0.394 e. The number of aliphatic hydroxyl groups is 4. The van der Waals surface area contributed by atoms with Crippen molar-refractivity contribution in [2.24, 2.45) is 34.5 Å². The highest BCUT2D eigenvalue weighted by Gasteiger charge is 2.61. The summed E-state index contributed by atoms with van der Waals surface area (Å²) in [7, 11) is 0. The predicted molar refractivity (Wildman–Crippen MR) is 115 cm³/mol. The Morgan fingerprint density at radius 2 is 1.69 bits per heavy atom. The number of ether oxygens (including phenoxy) is 2. The zero-order valence-electron chi connectivity index (χ0n) is 19.4. The molecule has 1 saturated heterocycles. The van der Waals surface area contributed by atoms with Gasteiger partial charge in [0.2, 0.25) is 0 Å². The number of ketones is 1. The van der Waals surface area contributed by atoms with Crippen molar-refractivity contribution >= 4 is 5.78 Å². The van der Waals surface area contributed by atoms with E-state index in [-0.39, 0.29) is 16.9 Å². The van der Waals surface area contributed by atoms with Gasteiger partial charge in [-0.25, -0.2) is 0 Å². The number of rotatable bonds is 3. The fraction of sp³-hybridized carbons (Fsp3) is 0.960. The van der Waals surface area contributed by atoms with Crippen LogP contribution in [-0.2, 0) is 14.3 Å². The number of carbonyl (C=O) groups is 1. The van der Waals surface area contributed by atoms with Crippen LogP contribution in [-0.4, -0.2) is 69.6 Å². The lowest BCUT2D eigenvalue weighted by Gasteiger charge is -2.60. The van der Waals surface area contributed by atoms with E-state index in [0.717, 1.165) is 51.4 Å². The molecule has 0 aromatic carbocycles. The van der Waals surface area contributed by atoms with Crippen molar-refractivity contribution in [3.8, 4) is 0 Å². The second-order valence-corrected chi connectivity index (χ2v) is 11.8. The van der Waals surface area contributed by atoms with Gasteiger partial charge in [-0.3, -0.25) is 4.79 Å². The molecule has 5 aliphatic rings. The van der Waals surface area contributed by atoms with Crippen LogP contribution < -0.4 is 0 Å². The number of fused-ring (bicyclic) bond motifs is 5. The fourth-order valence-corrected chi connectivity index (χ4v) is 8.56. The highest BCUT2D eigenvalue weighted by atomic mass is 16.7. The standard InChI is InChI=1S/C25H40O7/c1-24-9-7-14(27)11-13(24)3-4-15-16-5-6-19(25(16,2)10-8-17(15)24)32-23-22(30)21(29)20(28)18(12-26)31-23/h13,15-23,26,28-30H,3-12H2,1-2H3/t13?,15-,16-,17-,18+,19-,20+,21-,22+,23?,24-,25-/m0/s1. The number of aliphatic hydroxyl groups excluding tert-OH is 4. The number of carbonyl (C=O) groups excluding carboxylic acids is 1. The van der Waals surface area contributed by atoms with Crippen molar-refractivity contribution in [1.29, 1.82) is 0 Å². The lowest BCUT2D eigenvalue weighted by molar-refractivity contribution is -0.319. The van der Waals surface area contributed by atoms with Crippen LogP contribution >= 0.6 is 0 Å². The van der Waals surface area contributed by atoms with Crippen molar-refractivity contribution in [3.63, 3.8) is 0 Å². The molecule has 12 atom stereocenters. The smallest absolute Gasteiger partial charge is 0.186 e. The first-order valence-electron chi connectivity index (χ1n) is 12.7. The summed E-state index contributed by atoms with van der Waals surface area (Å²) in [5, 5.41) is 40.2. The van der Waals surface area contributed by atoms with Gasteiger partial charge in [0.25, 0.3) is 0 Å². The first-order chi connectivity index (χ1) is 15.2. The molecule has 4 N–H and O–H groups in total. The van der Waals surface area contributed by atoms with E-state index in [4.69, 9.17) is 9.47 Å². The third-order valence-corrected chi connectivity index (χ3v) is 10.5. The Labute approximate surface area is 190 Å². The van der Waals surface area contributed by atoms with Crippen LogP contribution in [0.4, 0.5) is 0 Å². The first kappa shape index (κ1) is 23.2. The predicted octanol–water partition coefficient (Wildman–Crippen LogP) is 1.78. The fourth-order valence-electron chi connectivity index (χ4n) is 8.56. The van der Waals surface area contributed by atoms with Gasteiger partial charge >= 0.3 is 0 Å². The molecule has 2 unspecified atom stereocenters. The summed E-state index contributed by atoms with van der Waals surface area (Å²) in [4.78, 5) is 12.1. The van der Waals surface area contributed by atoms with Gasteiger partial charge < -0.3 is 29.9 Å². The Hall–Kier alpha value is -0.570. The van der Waals surface area contributed by atoms with Gasteiger partial charge in [0.05, 0.1) is 12.7 Å². The van der Waals surface area contributed by atoms with Gasteiger partial charge in [0.1, 0.15) is 30.2 Å². The summed E-state index contributed by atoms with van der Waals surface area (Å²) in [5.41, 5.74) is 0.252. The summed E-state index contributed by atoms with van der Waals surface area (Å²) in [5.74, 6) is 2.84. The summed E-state index contributed by atoms with van der Waals surface area (Å²) in [6, 6.07) is 0. The van der Waals surface area contributed by atoms with Crippen molar-refractivity contribution in [2.75, 3.05) is 6.61 Å². The summed E-state index contributed by atoms with van der Waals surface area (Å²) < 4.78 is 12.0. The van der Waals surface area contributed by atoms with Gasteiger partial charge in [-0.1, -0.05) is 13.8 Å². The second-order valence-electron chi connectivity index (χ2n) is 11.8. The molecule has 0 spiro atoms. The Morgan fingerprint density at radius 1 is 0.938 bits per heavy atom. The molecule has 0 bridgehead atoms. The van der Waals surface area contributed by atoms with Gasteiger partial charge in [0.15, 0.2) is 6.29 Å². The maximum Gasteiger partial charge on any atom is 0.186 e. The third kappa shape index (κ3) is 3.42. The number of Topliss-reactive ketones (excluding diaryl/α,β-unsaturated/α-hetero) is 1. The lowest BCUT2D eigenvalue weighted by atomic mass is 9.45. The maximum atomic E-state index is 12.1. The van der Waals surface area contributed by atoms with E-state index >= 15 is 0 Å². The van der Waals surface area contributed by atoms with Crippen LogP contribution in [0.15, 0.2) is 0 Å². The highest BCUT2D eigenvalue weighted by molar-refractivity contribution is 5.79. The Morgan fingerprint density at radius 3 is 2.44 bits per heavy atom. The minimum atomic E-state index is -1.41. The van der Waals surface area contributed by atoms with Crippen molar-refractivity contribution in [3.05, 3.63) is 0 Å². The van der Waals surface area contributed by atoms with Gasteiger partial charge in [-0.05, 0) is 79.4 Å². The summed E-state index contributed by atoms with van der Waals surface area (Å²) in [6.45, 7) is 4.32. The molecule has 7 nitrogen and oxygen atoms in total. The average molecular weight is 453 g/mol. The molecule has 5 fully saturated rings. The minimum Gasteiger partial charge on any atom is -0.394 e. The van der Waals surface area contributed by atoms with Crippen LogP contribution in [0.5, 0.6) is 0 Å². The monoisotopic (exact) mass is 452 g/mol. The van der Waals surface area contributed by atoms with E-state index in [0.29, 0.717) is 29.5 Å². The lowest BCUT2D eigenvalue weighted by Crippen LogP contribution is -2.60. The topological polar surface area (TPSA) is 116 Å². The SMILES string of the molecule is C[C@]12CC[C@H]3[C@@H](CCC4CC(=O)CC[C@@]43C)[C@@H]1CC[C@@H]2OC1O[C@H](CO)[C@@H](O)[C@H](O)[C@H]1O. The molecule has 32 heavy (non-hydrogen) atoms. The molecular weight excluding hydrogens is 412 g/mol. The molecule has 7 heteroatoms. The van der Waals surface area contributed by atoms with E-state index < -0.39 is 37.3 Å². The molecule has 0 amide bonds. The third-order valence-electron chi connectivity index (χ3n) is 10.5. The molecule has 1 heterocycles. The molecule has 0 aromatic rings. The maximum absolute atomic E-state index is 12.1. The van der Waals surface area contributed by atoms with E-state index in [2.05, 4.69) is 13.8 Å². The average Bonchev–Trinajstić information content (AvgIpc) is 3.10. The molecule has 5 rings (SSSR count). The zero-order valence-corrected chi connectivity index (χ0v) is 19.4. The van der Waals surface area contributed by atoms with Crippen molar-refractivity contribution in [1.82, 2.24) is 0 Å². The van der Waals surface area contributed by atoms with Crippen LogP contribution in [0.25, 0.3) is 0 Å². The van der Waals surface area contributed by atoms with Crippen LogP contribution in [0.3, 0.4) is 0 Å². The summed E-state index contributed by atoms with van der Waals surface area (Å²) in [6.07, 6.45) is 2.84. The molecule has 1 aliphatic heterocycles.